The zero-order valence-corrected chi connectivity index (χ0v) is 8.53. The molecule has 2 aromatic rings. The summed E-state index contributed by atoms with van der Waals surface area (Å²) in [4.78, 5) is -0.0457. The summed E-state index contributed by atoms with van der Waals surface area (Å²) in [7, 11) is -4.13. The van der Waals surface area contributed by atoms with Gasteiger partial charge in [-0.2, -0.15) is 8.42 Å². The lowest BCUT2D eigenvalue weighted by Gasteiger charge is -2.02. The molecule has 0 saturated heterocycles. The van der Waals surface area contributed by atoms with Crippen LogP contribution in [0.1, 0.15) is 0 Å². The second-order valence-corrected chi connectivity index (χ2v) is 4.34. The van der Waals surface area contributed by atoms with Gasteiger partial charge in [0, 0.05) is 5.39 Å². The van der Waals surface area contributed by atoms with Gasteiger partial charge in [0.15, 0.2) is 0 Å². The summed E-state index contributed by atoms with van der Waals surface area (Å²) < 4.78 is 31.0. The molecule has 4 nitrogen and oxygen atoms in total. The van der Waals surface area contributed by atoms with Crippen LogP contribution in [0.2, 0.25) is 0 Å². The van der Waals surface area contributed by atoms with Crippen molar-refractivity contribution >= 4 is 20.9 Å². The molecule has 2 rings (SSSR count). The van der Waals surface area contributed by atoms with Crippen molar-refractivity contribution in [3.63, 3.8) is 0 Å². The second-order valence-electron chi connectivity index (χ2n) is 2.95. The zero-order chi connectivity index (χ0) is 10.2. The first-order valence-corrected chi connectivity index (χ1v) is 5.48. The lowest BCUT2D eigenvalue weighted by molar-refractivity contribution is 0.484. The molecule has 0 bridgehead atoms. The Hall–Kier alpha value is -1.43. The molecule has 80 valence electrons. The van der Waals surface area contributed by atoms with Crippen molar-refractivity contribution in [3.05, 3.63) is 42.5 Å². The van der Waals surface area contributed by atoms with E-state index in [0.29, 0.717) is 5.39 Å². The molecule has 0 spiro atoms. The molecular weight excluding hydrogens is 216 g/mol. The molecule has 5 heteroatoms. The van der Waals surface area contributed by atoms with Gasteiger partial charge in [0.05, 0.1) is 0 Å². The normalized spacial score (nSPS) is 11.0. The average Bonchev–Trinajstić information content (AvgIpc) is 2.15. The van der Waals surface area contributed by atoms with E-state index in [4.69, 9.17) is 4.55 Å². The number of fused-ring (bicyclic) bond motifs is 1. The van der Waals surface area contributed by atoms with E-state index in [9.17, 15) is 8.42 Å². The van der Waals surface area contributed by atoms with Gasteiger partial charge in [-0.05, 0) is 11.5 Å². The predicted molar refractivity (Wildman–Crippen MR) is 57.4 cm³/mol. The minimum atomic E-state index is -4.13. The highest BCUT2D eigenvalue weighted by atomic mass is 32.2. The molecule has 0 fully saturated rings. The molecule has 3 N–H and O–H groups in total. The Bertz CT molecular complexity index is 569. The van der Waals surface area contributed by atoms with E-state index in [0.717, 1.165) is 5.39 Å². The fourth-order valence-electron chi connectivity index (χ4n) is 1.42. The molecule has 0 unspecified atom stereocenters. The minimum absolute atomic E-state index is 0. The van der Waals surface area contributed by atoms with E-state index >= 15 is 0 Å². The molecule has 0 amide bonds. The second kappa shape index (κ2) is 3.98. The Kier molecular flexibility index (Phi) is 3.09. The van der Waals surface area contributed by atoms with E-state index in [-0.39, 0.29) is 10.4 Å². The number of rotatable bonds is 1. The van der Waals surface area contributed by atoms with Gasteiger partial charge < -0.3 is 5.48 Å². The van der Waals surface area contributed by atoms with E-state index in [1.165, 1.54) is 6.07 Å². The molecule has 0 atom stereocenters. The summed E-state index contributed by atoms with van der Waals surface area (Å²) in [5.41, 5.74) is 0. The van der Waals surface area contributed by atoms with Gasteiger partial charge in [0.2, 0.25) is 0 Å². The van der Waals surface area contributed by atoms with Crippen LogP contribution in [0.25, 0.3) is 10.8 Å². The maximum Gasteiger partial charge on any atom is 0.295 e. The third-order valence-electron chi connectivity index (χ3n) is 2.03. The molecule has 0 saturated carbocycles. The number of benzene rings is 2. The first kappa shape index (κ1) is 11.6. The summed E-state index contributed by atoms with van der Waals surface area (Å²) in [6.45, 7) is 0. The van der Waals surface area contributed by atoms with Crippen LogP contribution in [0.5, 0.6) is 0 Å². The van der Waals surface area contributed by atoms with Gasteiger partial charge >= 0.3 is 0 Å². The van der Waals surface area contributed by atoms with Gasteiger partial charge in [-0.25, -0.2) is 0 Å². The van der Waals surface area contributed by atoms with Crippen molar-refractivity contribution in [3.8, 4) is 0 Å². The van der Waals surface area contributed by atoms with Crippen molar-refractivity contribution in [2.24, 2.45) is 0 Å². The van der Waals surface area contributed by atoms with Gasteiger partial charge in [0.25, 0.3) is 10.1 Å². The monoisotopic (exact) mass is 226 g/mol. The van der Waals surface area contributed by atoms with Crippen molar-refractivity contribution in [1.29, 1.82) is 0 Å². The third-order valence-corrected chi connectivity index (χ3v) is 2.94. The first-order chi connectivity index (χ1) is 6.59. The standard InChI is InChI=1S/C10H8O3S.H2O/c11-14(12,13)10-7-3-5-8-4-1-2-6-9(8)10;/h1-7H,(H,11,12,13);1H2. The number of hydrogen-bond donors (Lipinski definition) is 1. The summed E-state index contributed by atoms with van der Waals surface area (Å²) in [5.74, 6) is 0. The first-order valence-electron chi connectivity index (χ1n) is 4.04. The highest BCUT2D eigenvalue weighted by Crippen LogP contribution is 2.21. The maximum atomic E-state index is 11.0. The SMILES string of the molecule is O.O=S(=O)(O)c1cccc2ccccc12. The molecule has 0 aromatic heterocycles. The van der Waals surface area contributed by atoms with E-state index in [1.54, 1.807) is 30.3 Å². The van der Waals surface area contributed by atoms with Crippen LogP contribution < -0.4 is 0 Å². The Morgan fingerprint density at radius 2 is 1.53 bits per heavy atom. The fourth-order valence-corrected chi connectivity index (χ4v) is 2.13. The molecule has 0 radical (unpaired) electrons. The lowest BCUT2D eigenvalue weighted by Crippen LogP contribution is -1.98. The Morgan fingerprint density at radius 1 is 0.933 bits per heavy atom. The van der Waals surface area contributed by atoms with Gasteiger partial charge in [-0.15, -0.1) is 0 Å². The molecule has 0 aliphatic carbocycles. The van der Waals surface area contributed by atoms with Gasteiger partial charge in [-0.1, -0.05) is 36.4 Å². The van der Waals surface area contributed by atoms with Crippen LogP contribution >= 0.6 is 0 Å². The van der Waals surface area contributed by atoms with Crippen LogP contribution in [-0.2, 0) is 10.1 Å². The predicted octanol–water partition coefficient (Wildman–Crippen LogP) is 1.26. The molecule has 15 heavy (non-hydrogen) atoms. The fraction of sp³-hybridized carbons (Fsp3) is 0. The van der Waals surface area contributed by atoms with Crippen LogP contribution in [0, 0.1) is 0 Å². The van der Waals surface area contributed by atoms with Gasteiger partial charge in [0.1, 0.15) is 4.90 Å². The third kappa shape index (κ3) is 2.15. The van der Waals surface area contributed by atoms with Crippen molar-refractivity contribution < 1.29 is 18.4 Å². The molecule has 2 aromatic carbocycles. The largest absolute Gasteiger partial charge is 0.412 e. The minimum Gasteiger partial charge on any atom is -0.412 e. The Balaban J connectivity index is 0.00000112. The van der Waals surface area contributed by atoms with Crippen LogP contribution in [0.3, 0.4) is 0 Å². The number of hydrogen-bond acceptors (Lipinski definition) is 2. The molecule has 0 heterocycles. The van der Waals surface area contributed by atoms with Crippen molar-refractivity contribution in [1.82, 2.24) is 0 Å². The lowest BCUT2D eigenvalue weighted by atomic mass is 10.1. The van der Waals surface area contributed by atoms with E-state index < -0.39 is 10.1 Å². The van der Waals surface area contributed by atoms with Crippen molar-refractivity contribution in [2.45, 2.75) is 4.90 Å². The van der Waals surface area contributed by atoms with E-state index in [1.807, 2.05) is 6.07 Å². The molecule has 0 aliphatic rings. The summed E-state index contributed by atoms with van der Waals surface area (Å²) in [5, 5.41) is 1.33. The zero-order valence-electron chi connectivity index (χ0n) is 7.71. The van der Waals surface area contributed by atoms with Crippen LogP contribution in [-0.4, -0.2) is 18.4 Å². The topological polar surface area (TPSA) is 85.9 Å². The van der Waals surface area contributed by atoms with Crippen LogP contribution in [0.4, 0.5) is 0 Å². The molecule has 0 aliphatic heterocycles. The summed E-state index contributed by atoms with van der Waals surface area (Å²) >= 11 is 0. The smallest absolute Gasteiger partial charge is 0.295 e. The highest BCUT2D eigenvalue weighted by Gasteiger charge is 2.12. The molecular formula is C10H10O4S. The summed E-state index contributed by atoms with van der Waals surface area (Å²) in [6.07, 6.45) is 0. The maximum absolute atomic E-state index is 11.0. The van der Waals surface area contributed by atoms with E-state index in [2.05, 4.69) is 0 Å². The summed E-state index contributed by atoms with van der Waals surface area (Å²) in [6, 6.07) is 11.8. The Labute approximate surface area is 87.2 Å². The van der Waals surface area contributed by atoms with Crippen molar-refractivity contribution in [2.75, 3.05) is 0 Å². The quantitative estimate of drug-likeness (QED) is 0.743. The highest BCUT2D eigenvalue weighted by molar-refractivity contribution is 7.86. The average molecular weight is 226 g/mol. The Morgan fingerprint density at radius 3 is 2.20 bits per heavy atom. The van der Waals surface area contributed by atoms with Gasteiger partial charge in [-0.3, -0.25) is 4.55 Å². The van der Waals surface area contributed by atoms with Crippen LogP contribution in [0.15, 0.2) is 47.4 Å².